The molecule has 0 aromatic heterocycles. The first kappa shape index (κ1) is 62.2. The largest absolute Gasteiger partial charge is 0.464 e. The lowest BCUT2D eigenvalue weighted by molar-refractivity contribution is -0.148. The van der Waals surface area contributed by atoms with Crippen LogP contribution < -0.4 is 27.0 Å². The molecule has 11 atom stereocenters. The Morgan fingerprint density at radius 2 is 1.54 bits per heavy atom. The number of benzene rings is 1. The number of esters is 2. The van der Waals surface area contributed by atoms with Gasteiger partial charge in [0.15, 0.2) is 0 Å². The molecule has 19 heteroatoms. The number of nitrogens with two attached hydrogens (primary N) is 1. The van der Waals surface area contributed by atoms with Gasteiger partial charge in [-0.05, 0) is 63.6 Å². The van der Waals surface area contributed by atoms with Crippen LogP contribution in [0.3, 0.4) is 0 Å². The van der Waals surface area contributed by atoms with Crippen molar-refractivity contribution in [2.24, 2.45) is 29.4 Å². The smallest absolute Gasteiger partial charge is 0.322 e. The summed E-state index contributed by atoms with van der Waals surface area (Å²) >= 11 is 0. The standard InChI is InChI=1S/C52H88N8O11/c1-15-27-70-43(62)31-41(53)55-36(9)52(67)71-28-21-25-54-49(64)38(29-37-22-18-17-19-23-37)56-48(63)35(8)47(69-14)39-24-20-26-60(39)42(61)30-40(68-13)46(34(7)16-2)59(12)51(66)44(32(3)4)57-50(65)45(33(5)6)58(10)11/h15,17-19,22-23,32-36,38-41,44-47,55H,1,16,20-21,24-31,53H2,2-14H3,(H,54,64)(H,56,63)(H,57,65)/t34-,35+,36?,38-,39-,40+,41?,44?,45-,46-,47+/m0/s1. The second-order valence-corrected chi connectivity index (χ2v) is 19.7. The van der Waals surface area contributed by atoms with Crippen molar-refractivity contribution < 1.29 is 52.5 Å². The zero-order valence-corrected chi connectivity index (χ0v) is 44.9. The third kappa shape index (κ3) is 19.5. The Hall–Kier alpha value is -4.95. The minimum absolute atomic E-state index is 0.00663. The Bertz CT molecular complexity index is 1840. The molecule has 71 heavy (non-hydrogen) atoms. The number of ether oxygens (including phenoxy) is 4. The SMILES string of the molecule is C=CCOC(=O)CC(N)NC(C)C(=O)OCCCNC(=O)[C@H](Cc1ccccc1)NC(=O)[C@H](C)[C@@H](OC)[C@@H]1CCCN1C(=O)C[C@@H](OC)[C@H]([C@@H](C)CC)N(C)C(=O)C(NC(=O)[C@H](C(C)C)N(C)C)C(C)C. The van der Waals surface area contributed by atoms with Gasteiger partial charge in [0.25, 0.3) is 0 Å². The molecule has 1 aromatic rings. The van der Waals surface area contributed by atoms with Gasteiger partial charge in [-0.3, -0.25) is 43.8 Å². The maximum Gasteiger partial charge on any atom is 0.322 e. The van der Waals surface area contributed by atoms with Crippen LogP contribution in [0.5, 0.6) is 0 Å². The van der Waals surface area contributed by atoms with E-state index in [1.165, 1.54) is 20.3 Å². The first-order valence-electron chi connectivity index (χ1n) is 25.2. The lowest BCUT2D eigenvalue weighted by Crippen LogP contribution is -2.59. The van der Waals surface area contributed by atoms with E-state index >= 15 is 0 Å². The van der Waals surface area contributed by atoms with E-state index in [-0.39, 0.29) is 80.9 Å². The predicted molar refractivity (Wildman–Crippen MR) is 272 cm³/mol. The van der Waals surface area contributed by atoms with E-state index in [0.29, 0.717) is 25.8 Å². The number of nitrogens with one attached hydrogen (secondary N) is 4. The molecule has 1 aromatic carbocycles. The fourth-order valence-electron chi connectivity index (χ4n) is 9.32. The van der Waals surface area contributed by atoms with Gasteiger partial charge in [-0.2, -0.15) is 0 Å². The normalized spacial score (nSPS) is 18.0. The summed E-state index contributed by atoms with van der Waals surface area (Å²) in [5, 5.41) is 11.6. The van der Waals surface area contributed by atoms with Crippen molar-refractivity contribution >= 4 is 41.5 Å². The second kappa shape index (κ2) is 31.5. The van der Waals surface area contributed by atoms with Gasteiger partial charge in [0.1, 0.15) is 24.7 Å². The van der Waals surface area contributed by atoms with Crippen molar-refractivity contribution in [3.63, 3.8) is 0 Å². The quantitative estimate of drug-likeness (QED) is 0.0302. The maximum atomic E-state index is 14.4. The van der Waals surface area contributed by atoms with E-state index < -0.39 is 84.3 Å². The predicted octanol–water partition coefficient (Wildman–Crippen LogP) is 2.79. The van der Waals surface area contributed by atoms with Gasteiger partial charge in [-0.1, -0.05) is 97.9 Å². The number of nitrogens with zero attached hydrogens (tertiary/aromatic N) is 3. The Labute approximate surface area is 423 Å². The van der Waals surface area contributed by atoms with Crippen LogP contribution in [0.15, 0.2) is 43.0 Å². The summed E-state index contributed by atoms with van der Waals surface area (Å²) in [5.74, 6) is -3.75. The van der Waals surface area contributed by atoms with Crippen molar-refractivity contribution in [2.75, 3.05) is 61.7 Å². The molecule has 5 amide bonds. The zero-order chi connectivity index (χ0) is 53.5. The first-order valence-corrected chi connectivity index (χ1v) is 25.2. The molecule has 402 valence electrons. The van der Waals surface area contributed by atoms with Crippen LogP contribution >= 0.6 is 0 Å². The molecule has 0 aliphatic carbocycles. The number of likely N-dealkylation sites (tertiary alicyclic amines) is 1. The molecule has 0 saturated carbocycles. The summed E-state index contributed by atoms with van der Waals surface area (Å²) in [6, 6.07) is 5.29. The minimum atomic E-state index is -0.967. The van der Waals surface area contributed by atoms with Crippen molar-refractivity contribution in [3.8, 4) is 0 Å². The van der Waals surface area contributed by atoms with Crippen LogP contribution in [0.2, 0.25) is 0 Å². The summed E-state index contributed by atoms with van der Waals surface area (Å²) in [6.45, 7) is 19.2. The molecule has 6 N–H and O–H groups in total. The number of likely N-dealkylation sites (N-methyl/N-ethyl adjacent to an activating group) is 2. The Kier molecular flexibility index (Phi) is 27.6. The van der Waals surface area contributed by atoms with E-state index in [9.17, 15) is 33.6 Å². The summed E-state index contributed by atoms with van der Waals surface area (Å²) in [6.07, 6.45) is 1.43. The van der Waals surface area contributed by atoms with Crippen molar-refractivity contribution in [1.82, 2.24) is 36.0 Å². The van der Waals surface area contributed by atoms with Crippen LogP contribution in [0.25, 0.3) is 0 Å². The Morgan fingerprint density at radius 3 is 2.10 bits per heavy atom. The van der Waals surface area contributed by atoms with E-state index in [4.69, 9.17) is 24.7 Å². The molecule has 1 aliphatic heterocycles. The third-order valence-corrected chi connectivity index (χ3v) is 13.3. The number of amides is 5. The summed E-state index contributed by atoms with van der Waals surface area (Å²) in [7, 11) is 8.43. The highest BCUT2D eigenvalue weighted by atomic mass is 16.5. The molecule has 1 saturated heterocycles. The van der Waals surface area contributed by atoms with Crippen LogP contribution in [0.4, 0.5) is 0 Å². The number of hydrogen-bond donors (Lipinski definition) is 5. The lowest BCUT2D eigenvalue weighted by Gasteiger charge is -2.41. The first-order chi connectivity index (χ1) is 33.5. The minimum Gasteiger partial charge on any atom is -0.464 e. The third-order valence-electron chi connectivity index (χ3n) is 13.3. The second-order valence-electron chi connectivity index (χ2n) is 19.7. The number of methoxy groups -OCH3 is 2. The van der Waals surface area contributed by atoms with Crippen LogP contribution in [-0.2, 0) is 58.9 Å². The molecule has 19 nitrogen and oxygen atoms in total. The highest BCUT2D eigenvalue weighted by Crippen LogP contribution is 2.30. The summed E-state index contributed by atoms with van der Waals surface area (Å²) in [5.41, 5.74) is 6.76. The lowest BCUT2D eigenvalue weighted by atomic mass is 9.89. The average molecular weight is 1000 g/mol. The number of carbonyl (C=O) groups is 7. The molecule has 2 rings (SSSR count). The van der Waals surface area contributed by atoms with Gasteiger partial charge in [-0.15, -0.1) is 0 Å². The number of carbonyl (C=O) groups excluding carboxylic acids is 7. The molecule has 1 heterocycles. The molecule has 1 fully saturated rings. The van der Waals surface area contributed by atoms with E-state index in [0.717, 1.165) is 5.56 Å². The number of hydrogen-bond acceptors (Lipinski definition) is 14. The Morgan fingerprint density at radius 1 is 0.873 bits per heavy atom. The Balaban J connectivity index is 2.18. The monoisotopic (exact) mass is 1000 g/mol. The van der Waals surface area contributed by atoms with Gasteiger partial charge in [0.2, 0.25) is 29.5 Å². The highest BCUT2D eigenvalue weighted by Gasteiger charge is 2.43. The molecule has 1 aliphatic rings. The van der Waals surface area contributed by atoms with Crippen LogP contribution in [0, 0.1) is 23.7 Å². The van der Waals surface area contributed by atoms with E-state index in [1.54, 1.807) is 30.7 Å². The van der Waals surface area contributed by atoms with Gasteiger partial charge >= 0.3 is 11.9 Å². The average Bonchev–Trinajstić information content (AvgIpc) is 3.81. The molecule has 3 unspecified atom stereocenters. The van der Waals surface area contributed by atoms with Gasteiger partial charge in [-0.25, -0.2) is 0 Å². The zero-order valence-electron chi connectivity index (χ0n) is 44.9. The van der Waals surface area contributed by atoms with Crippen LogP contribution in [-0.4, -0.2) is 172 Å². The highest BCUT2D eigenvalue weighted by molar-refractivity contribution is 5.91. The summed E-state index contributed by atoms with van der Waals surface area (Å²) < 4.78 is 22.4. The summed E-state index contributed by atoms with van der Waals surface area (Å²) in [4.78, 5) is 99.9. The van der Waals surface area contributed by atoms with Crippen LogP contribution in [0.1, 0.15) is 99.5 Å². The maximum absolute atomic E-state index is 14.4. The molecule has 0 bridgehead atoms. The van der Waals surface area contributed by atoms with Gasteiger partial charge in [0.05, 0.1) is 61.9 Å². The van der Waals surface area contributed by atoms with Crippen molar-refractivity contribution in [3.05, 3.63) is 48.6 Å². The molecule has 0 spiro atoms. The number of rotatable bonds is 32. The topological polar surface area (TPSA) is 240 Å². The fourth-order valence-corrected chi connectivity index (χ4v) is 9.32. The van der Waals surface area contributed by atoms with Gasteiger partial charge < -0.3 is 50.4 Å². The van der Waals surface area contributed by atoms with E-state index in [2.05, 4.69) is 27.8 Å². The van der Waals surface area contributed by atoms with Crippen molar-refractivity contribution in [1.29, 1.82) is 0 Å². The molecular weight excluding hydrogens is 913 g/mol. The fraction of sp³-hybridized carbons (Fsp3) is 0.712. The van der Waals surface area contributed by atoms with Gasteiger partial charge in [0, 0.05) is 40.8 Å². The van der Waals surface area contributed by atoms with E-state index in [1.807, 2.05) is 90.9 Å². The molecule has 0 radical (unpaired) electrons. The van der Waals surface area contributed by atoms with Crippen molar-refractivity contribution in [2.45, 2.75) is 155 Å². The molecular formula is C52H88N8O11.